The number of ether oxygens (including phenoxy) is 3. The molecule has 0 radical (unpaired) electrons. The summed E-state index contributed by atoms with van der Waals surface area (Å²) in [7, 11) is 1.60. The van der Waals surface area contributed by atoms with Crippen molar-refractivity contribution in [3.05, 3.63) is 48.3 Å². The molecule has 1 aliphatic heterocycles. The van der Waals surface area contributed by atoms with Gasteiger partial charge in [0, 0.05) is 36.8 Å². The lowest BCUT2D eigenvalue weighted by Gasteiger charge is -2.26. The van der Waals surface area contributed by atoms with Crippen LogP contribution in [0.15, 0.2) is 42.7 Å². The molecule has 1 saturated heterocycles. The van der Waals surface area contributed by atoms with Crippen LogP contribution >= 0.6 is 0 Å². The number of nitrogens with zero attached hydrogens (tertiary/aromatic N) is 3. The van der Waals surface area contributed by atoms with Crippen LogP contribution in [0.25, 0.3) is 10.9 Å². The molecular weight excluding hydrogens is 412 g/mol. The summed E-state index contributed by atoms with van der Waals surface area (Å²) < 4.78 is 16.9. The largest absolute Gasteiger partial charge is 0.493 e. The zero-order chi connectivity index (χ0) is 22.3. The van der Waals surface area contributed by atoms with Gasteiger partial charge in [0.15, 0.2) is 11.5 Å². The molecule has 3 aromatic rings. The molecule has 2 aromatic carbocycles. The number of hydrogen-bond acceptors (Lipinski definition) is 8. The van der Waals surface area contributed by atoms with Gasteiger partial charge in [0.2, 0.25) is 0 Å². The normalized spacial score (nSPS) is 14.3. The van der Waals surface area contributed by atoms with E-state index >= 15 is 0 Å². The van der Waals surface area contributed by atoms with Crippen LogP contribution in [-0.4, -0.2) is 72.5 Å². The topological polar surface area (TPSA) is 106 Å². The van der Waals surface area contributed by atoms with Crippen LogP contribution in [0.1, 0.15) is 16.8 Å². The minimum atomic E-state index is -0.966. The maximum absolute atomic E-state index is 11.0. The number of rotatable bonds is 9. The number of carboxylic acid groups (broad SMARTS) is 1. The predicted molar refractivity (Wildman–Crippen MR) is 120 cm³/mol. The highest BCUT2D eigenvalue weighted by atomic mass is 16.5. The molecule has 2 heterocycles. The predicted octanol–water partition coefficient (Wildman–Crippen LogP) is 3.18. The van der Waals surface area contributed by atoms with E-state index < -0.39 is 5.97 Å². The average Bonchev–Trinajstić information content (AvgIpc) is 2.82. The van der Waals surface area contributed by atoms with Gasteiger partial charge in [0.1, 0.15) is 12.1 Å². The number of carboxylic acids is 1. The van der Waals surface area contributed by atoms with Crippen molar-refractivity contribution in [2.75, 3.05) is 51.9 Å². The number of carbonyl (C=O) groups is 1. The molecule has 0 amide bonds. The molecule has 0 atom stereocenters. The lowest BCUT2D eigenvalue weighted by Crippen LogP contribution is -2.37. The minimum absolute atomic E-state index is 0.222. The molecule has 0 spiro atoms. The Morgan fingerprint density at radius 2 is 1.94 bits per heavy atom. The summed E-state index contributed by atoms with van der Waals surface area (Å²) in [4.78, 5) is 22.1. The number of hydrogen-bond donors (Lipinski definition) is 2. The number of benzene rings is 2. The molecule has 1 aliphatic rings. The van der Waals surface area contributed by atoms with Crippen molar-refractivity contribution in [1.29, 1.82) is 0 Å². The van der Waals surface area contributed by atoms with Crippen LogP contribution in [0.5, 0.6) is 11.5 Å². The number of anilines is 2. The summed E-state index contributed by atoms with van der Waals surface area (Å²) in [6.45, 7) is 5.05. The fraction of sp³-hybridized carbons (Fsp3) is 0.348. The highest BCUT2D eigenvalue weighted by molar-refractivity contribution is 5.93. The van der Waals surface area contributed by atoms with E-state index in [1.54, 1.807) is 19.2 Å². The summed E-state index contributed by atoms with van der Waals surface area (Å²) in [5.41, 5.74) is 1.66. The van der Waals surface area contributed by atoms with Crippen molar-refractivity contribution in [2.45, 2.75) is 6.42 Å². The summed E-state index contributed by atoms with van der Waals surface area (Å²) in [6, 6.07) is 10.2. The fourth-order valence-electron chi connectivity index (χ4n) is 3.56. The lowest BCUT2D eigenvalue weighted by atomic mass is 10.2. The zero-order valence-electron chi connectivity index (χ0n) is 17.9. The molecule has 0 bridgehead atoms. The second kappa shape index (κ2) is 10.3. The van der Waals surface area contributed by atoms with Gasteiger partial charge in [-0.25, -0.2) is 14.8 Å². The number of aromatic nitrogens is 2. The van der Waals surface area contributed by atoms with Gasteiger partial charge in [-0.1, -0.05) is 0 Å². The second-order valence-corrected chi connectivity index (χ2v) is 7.41. The third-order valence-electron chi connectivity index (χ3n) is 5.30. The summed E-state index contributed by atoms with van der Waals surface area (Å²) in [5, 5.41) is 13.0. The van der Waals surface area contributed by atoms with E-state index in [2.05, 4.69) is 20.2 Å². The van der Waals surface area contributed by atoms with Crippen molar-refractivity contribution in [3.63, 3.8) is 0 Å². The van der Waals surface area contributed by atoms with Crippen molar-refractivity contribution in [3.8, 4) is 11.5 Å². The van der Waals surface area contributed by atoms with Crippen molar-refractivity contribution >= 4 is 28.4 Å². The molecule has 1 fully saturated rings. The fourth-order valence-corrected chi connectivity index (χ4v) is 3.56. The Balaban J connectivity index is 1.47. The summed E-state index contributed by atoms with van der Waals surface area (Å²) >= 11 is 0. The van der Waals surface area contributed by atoms with Gasteiger partial charge in [0.25, 0.3) is 0 Å². The quantitative estimate of drug-likeness (QED) is 0.487. The maximum atomic E-state index is 11.0. The second-order valence-electron chi connectivity index (χ2n) is 7.41. The number of fused-ring (bicyclic) bond motifs is 1. The van der Waals surface area contributed by atoms with Gasteiger partial charge in [-0.15, -0.1) is 0 Å². The van der Waals surface area contributed by atoms with Gasteiger partial charge in [-0.05, 0) is 36.8 Å². The van der Waals surface area contributed by atoms with E-state index in [-0.39, 0.29) is 5.56 Å². The molecule has 2 N–H and O–H groups in total. The monoisotopic (exact) mass is 438 g/mol. The van der Waals surface area contributed by atoms with Gasteiger partial charge in [0.05, 0.1) is 38.0 Å². The maximum Gasteiger partial charge on any atom is 0.335 e. The van der Waals surface area contributed by atoms with Gasteiger partial charge >= 0.3 is 5.97 Å². The highest BCUT2D eigenvalue weighted by Crippen LogP contribution is 2.34. The van der Waals surface area contributed by atoms with Crippen LogP contribution in [0.4, 0.5) is 11.5 Å². The molecule has 0 saturated carbocycles. The van der Waals surface area contributed by atoms with Crippen molar-refractivity contribution in [2.24, 2.45) is 0 Å². The highest BCUT2D eigenvalue weighted by Gasteiger charge is 2.13. The first-order valence-electron chi connectivity index (χ1n) is 10.5. The lowest BCUT2D eigenvalue weighted by molar-refractivity contribution is 0.0357. The number of morpholine rings is 1. The van der Waals surface area contributed by atoms with Crippen molar-refractivity contribution in [1.82, 2.24) is 14.9 Å². The average molecular weight is 438 g/mol. The molecular formula is C23H26N4O5. The molecule has 0 aliphatic carbocycles. The molecule has 168 valence electrons. The number of methoxy groups -OCH3 is 1. The van der Waals surface area contributed by atoms with Gasteiger partial charge in [-0.3, -0.25) is 4.90 Å². The van der Waals surface area contributed by atoms with E-state index in [9.17, 15) is 4.79 Å². The summed E-state index contributed by atoms with van der Waals surface area (Å²) in [6.07, 6.45) is 2.38. The minimum Gasteiger partial charge on any atom is -0.493 e. The van der Waals surface area contributed by atoms with E-state index in [4.69, 9.17) is 19.3 Å². The molecule has 9 nitrogen and oxygen atoms in total. The molecule has 9 heteroatoms. The first kappa shape index (κ1) is 21.8. The first-order valence-corrected chi connectivity index (χ1v) is 10.5. The van der Waals surface area contributed by atoms with Crippen LogP contribution in [0.3, 0.4) is 0 Å². The number of nitrogens with one attached hydrogen (secondary N) is 1. The van der Waals surface area contributed by atoms with Crippen LogP contribution in [0.2, 0.25) is 0 Å². The van der Waals surface area contributed by atoms with Gasteiger partial charge < -0.3 is 24.6 Å². The van der Waals surface area contributed by atoms with Crippen LogP contribution < -0.4 is 14.8 Å². The van der Waals surface area contributed by atoms with E-state index in [0.717, 1.165) is 50.3 Å². The Kier molecular flexibility index (Phi) is 6.98. The molecule has 32 heavy (non-hydrogen) atoms. The van der Waals surface area contributed by atoms with Crippen LogP contribution in [0, 0.1) is 0 Å². The van der Waals surface area contributed by atoms with E-state index in [1.807, 2.05) is 12.1 Å². The standard InChI is InChI=1S/C23H26N4O5/c1-30-20-13-18-19(14-21(20)32-10-2-7-27-8-11-31-12-9-27)24-15-25-22(18)26-17-5-3-16(4-6-17)23(28)29/h3-6,13-15H,2,7-12H2,1H3,(H,28,29)(H,24,25,26). The Hall–Kier alpha value is -3.43. The van der Waals surface area contributed by atoms with Gasteiger partial charge in [-0.2, -0.15) is 0 Å². The van der Waals surface area contributed by atoms with Crippen LogP contribution in [-0.2, 0) is 4.74 Å². The van der Waals surface area contributed by atoms with Crippen molar-refractivity contribution < 1.29 is 24.1 Å². The first-order chi connectivity index (χ1) is 15.6. The molecule has 1 aromatic heterocycles. The summed E-state index contributed by atoms with van der Waals surface area (Å²) in [5.74, 6) is 0.863. The smallest absolute Gasteiger partial charge is 0.335 e. The SMILES string of the molecule is COc1cc2c(Nc3ccc(C(=O)O)cc3)ncnc2cc1OCCCN1CCOCC1. The third-order valence-corrected chi connectivity index (χ3v) is 5.30. The molecule has 4 rings (SSSR count). The zero-order valence-corrected chi connectivity index (χ0v) is 17.9. The molecule has 0 unspecified atom stereocenters. The third kappa shape index (κ3) is 5.24. The number of aromatic carboxylic acids is 1. The Labute approximate surface area is 185 Å². The Morgan fingerprint density at radius 1 is 1.16 bits per heavy atom. The Bertz CT molecular complexity index is 1070. The Morgan fingerprint density at radius 3 is 2.66 bits per heavy atom. The van der Waals surface area contributed by atoms with E-state index in [1.165, 1.54) is 18.5 Å². The van der Waals surface area contributed by atoms with E-state index in [0.29, 0.717) is 29.4 Å².